The van der Waals surface area contributed by atoms with Crippen molar-refractivity contribution < 1.29 is 0 Å². The molecule has 0 spiro atoms. The Kier molecular flexibility index (Phi) is 2.94. The van der Waals surface area contributed by atoms with Crippen molar-refractivity contribution in [3.8, 4) is 11.3 Å². The van der Waals surface area contributed by atoms with Gasteiger partial charge in [-0.2, -0.15) is 0 Å². The van der Waals surface area contributed by atoms with E-state index in [2.05, 4.69) is 10.3 Å². The minimum absolute atomic E-state index is 0.274. The van der Waals surface area contributed by atoms with Gasteiger partial charge in [-0.15, -0.1) is 11.3 Å². The van der Waals surface area contributed by atoms with Crippen LogP contribution in [0.1, 0.15) is 0 Å². The van der Waals surface area contributed by atoms with E-state index in [0.29, 0.717) is 0 Å². The number of hydrogen-bond donors (Lipinski definition) is 2. The molecular weight excluding hydrogens is 226 g/mol. The number of nitrogens with two attached hydrogens (primary N) is 1. The molecule has 0 amide bonds. The first kappa shape index (κ1) is 10.1. The number of nitrogens with zero attached hydrogens (tertiary/aromatic N) is 1. The molecule has 0 aliphatic rings. The van der Waals surface area contributed by atoms with Crippen LogP contribution in [0.2, 0.25) is 0 Å². The third kappa shape index (κ3) is 2.51. The number of hydrogen-bond acceptors (Lipinski definition) is 3. The molecule has 0 fully saturated rings. The Bertz CT molecular complexity index is 448. The molecule has 1 aromatic carbocycles. The molecule has 0 bridgehead atoms. The maximum atomic E-state index is 5.37. The van der Waals surface area contributed by atoms with Gasteiger partial charge in [0.25, 0.3) is 0 Å². The molecule has 0 unspecified atom stereocenters. The van der Waals surface area contributed by atoms with Gasteiger partial charge in [0.2, 0.25) is 0 Å². The second kappa shape index (κ2) is 4.37. The van der Waals surface area contributed by atoms with Crippen LogP contribution in [0.15, 0.2) is 35.2 Å². The predicted octanol–water partition coefficient (Wildman–Crippen LogP) is 2.47. The lowest BCUT2D eigenvalue weighted by Gasteiger charge is -2.03. The van der Waals surface area contributed by atoms with Gasteiger partial charge >= 0.3 is 0 Å². The second-order valence-corrected chi connectivity index (χ2v) is 4.10. The minimum atomic E-state index is 0.274. The summed E-state index contributed by atoms with van der Waals surface area (Å²) in [6, 6.07) is 7.81. The largest absolute Gasteiger partial charge is 0.376 e. The zero-order chi connectivity index (χ0) is 10.7. The lowest BCUT2D eigenvalue weighted by atomic mass is 10.1. The van der Waals surface area contributed by atoms with Crippen molar-refractivity contribution in [3.63, 3.8) is 0 Å². The monoisotopic (exact) mass is 235 g/mol. The standard InChI is InChI=1S/C10H9N3S2/c11-10(14)13-8-3-1-7(2-4-8)9-5-15-6-12-9/h1-6H,(H3,11,13,14). The van der Waals surface area contributed by atoms with Gasteiger partial charge in [0, 0.05) is 16.6 Å². The van der Waals surface area contributed by atoms with E-state index in [9.17, 15) is 0 Å². The van der Waals surface area contributed by atoms with Crippen LogP contribution in [0, 0.1) is 0 Å². The molecular formula is C10H9N3S2. The molecule has 0 aliphatic carbocycles. The number of benzene rings is 1. The minimum Gasteiger partial charge on any atom is -0.376 e. The van der Waals surface area contributed by atoms with Crippen molar-refractivity contribution in [2.75, 3.05) is 5.32 Å². The highest BCUT2D eigenvalue weighted by atomic mass is 32.1. The van der Waals surface area contributed by atoms with E-state index in [1.54, 1.807) is 11.3 Å². The van der Waals surface area contributed by atoms with E-state index in [-0.39, 0.29) is 5.11 Å². The fourth-order valence-electron chi connectivity index (χ4n) is 1.22. The number of nitrogens with one attached hydrogen (secondary N) is 1. The molecule has 3 N–H and O–H groups in total. The maximum absolute atomic E-state index is 5.37. The Balaban J connectivity index is 2.21. The molecule has 2 aromatic rings. The summed E-state index contributed by atoms with van der Waals surface area (Å²) in [4.78, 5) is 4.22. The van der Waals surface area contributed by atoms with Gasteiger partial charge < -0.3 is 11.1 Å². The van der Waals surface area contributed by atoms with Crippen LogP contribution in [0.3, 0.4) is 0 Å². The molecule has 0 aliphatic heterocycles. The van der Waals surface area contributed by atoms with E-state index in [0.717, 1.165) is 16.9 Å². The molecule has 2 rings (SSSR count). The van der Waals surface area contributed by atoms with Crippen molar-refractivity contribution in [2.24, 2.45) is 5.73 Å². The zero-order valence-electron chi connectivity index (χ0n) is 7.81. The van der Waals surface area contributed by atoms with Crippen molar-refractivity contribution in [1.29, 1.82) is 0 Å². The van der Waals surface area contributed by atoms with Crippen LogP contribution >= 0.6 is 23.6 Å². The summed E-state index contributed by atoms with van der Waals surface area (Å²) in [6.07, 6.45) is 0. The van der Waals surface area contributed by atoms with Crippen LogP contribution in [0.25, 0.3) is 11.3 Å². The lowest BCUT2D eigenvalue weighted by molar-refractivity contribution is 1.41. The molecule has 0 saturated carbocycles. The first-order chi connectivity index (χ1) is 7.25. The summed E-state index contributed by atoms with van der Waals surface area (Å²) in [5, 5.41) is 5.15. The van der Waals surface area contributed by atoms with E-state index >= 15 is 0 Å². The summed E-state index contributed by atoms with van der Waals surface area (Å²) in [6.45, 7) is 0. The van der Waals surface area contributed by atoms with Gasteiger partial charge in [0.15, 0.2) is 5.11 Å². The summed E-state index contributed by atoms with van der Waals surface area (Å²) >= 11 is 6.33. The van der Waals surface area contributed by atoms with Gasteiger partial charge in [0.1, 0.15) is 0 Å². The highest BCUT2D eigenvalue weighted by molar-refractivity contribution is 7.80. The molecule has 5 heteroatoms. The van der Waals surface area contributed by atoms with E-state index < -0.39 is 0 Å². The smallest absolute Gasteiger partial charge is 0.168 e. The first-order valence-electron chi connectivity index (χ1n) is 4.31. The Labute approximate surface area is 97.0 Å². The van der Waals surface area contributed by atoms with E-state index in [1.807, 2.05) is 35.2 Å². The van der Waals surface area contributed by atoms with Crippen LogP contribution < -0.4 is 11.1 Å². The molecule has 1 heterocycles. The summed E-state index contributed by atoms with van der Waals surface area (Å²) in [7, 11) is 0. The molecule has 0 radical (unpaired) electrons. The fourth-order valence-corrected chi connectivity index (χ4v) is 1.90. The second-order valence-electron chi connectivity index (χ2n) is 2.94. The Morgan fingerprint density at radius 3 is 2.60 bits per heavy atom. The quantitative estimate of drug-likeness (QED) is 0.785. The van der Waals surface area contributed by atoms with Crippen molar-refractivity contribution in [1.82, 2.24) is 4.98 Å². The SMILES string of the molecule is NC(=S)Nc1ccc(-c2cscn2)cc1. The van der Waals surface area contributed by atoms with Crippen LogP contribution in [0.5, 0.6) is 0 Å². The summed E-state index contributed by atoms with van der Waals surface area (Å²) < 4.78 is 0. The lowest BCUT2D eigenvalue weighted by Crippen LogP contribution is -2.18. The van der Waals surface area contributed by atoms with Crippen molar-refractivity contribution in [2.45, 2.75) is 0 Å². The van der Waals surface area contributed by atoms with Gasteiger partial charge in [0.05, 0.1) is 11.2 Å². The molecule has 3 nitrogen and oxygen atoms in total. The van der Waals surface area contributed by atoms with Gasteiger partial charge in [-0.05, 0) is 24.4 Å². The number of rotatable bonds is 2. The van der Waals surface area contributed by atoms with Crippen molar-refractivity contribution in [3.05, 3.63) is 35.2 Å². The Hall–Kier alpha value is -1.46. The molecule has 76 valence electrons. The van der Waals surface area contributed by atoms with Gasteiger partial charge in [-0.3, -0.25) is 0 Å². The zero-order valence-corrected chi connectivity index (χ0v) is 9.44. The highest BCUT2D eigenvalue weighted by Crippen LogP contribution is 2.20. The number of aromatic nitrogens is 1. The average molecular weight is 235 g/mol. The molecule has 0 atom stereocenters. The molecule has 0 saturated heterocycles. The average Bonchev–Trinajstić information content (AvgIpc) is 2.71. The van der Waals surface area contributed by atoms with Gasteiger partial charge in [-0.1, -0.05) is 12.1 Å². The Morgan fingerprint density at radius 1 is 1.33 bits per heavy atom. The topological polar surface area (TPSA) is 50.9 Å². The van der Waals surface area contributed by atoms with Gasteiger partial charge in [-0.25, -0.2) is 4.98 Å². The first-order valence-corrected chi connectivity index (χ1v) is 5.66. The molecule has 15 heavy (non-hydrogen) atoms. The maximum Gasteiger partial charge on any atom is 0.168 e. The summed E-state index contributed by atoms with van der Waals surface area (Å²) in [5.41, 5.74) is 10.1. The van der Waals surface area contributed by atoms with Crippen LogP contribution in [-0.4, -0.2) is 10.1 Å². The highest BCUT2D eigenvalue weighted by Gasteiger charge is 1.99. The Morgan fingerprint density at radius 2 is 2.07 bits per heavy atom. The molecule has 1 aromatic heterocycles. The number of anilines is 1. The third-order valence-electron chi connectivity index (χ3n) is 1.88. The summed E-state index contributed by atoms with van der Waals surface area (Å²) in [5.74, 6) is 0. The van der Waals surface area contributed by atoms with Crippen molar-refractivity contribution >= 4 is 34.4 Å². The van der Waals surface area contributed by atoms with E-state index in [4.69, 9.17) is 18.0 Å². The van der Waals surface area contributed by atoms with Crippen LogP contribution in [0.4, 0.5) is 5.69 Å². The number of thiazole rings is 1. The number of thiocarbonyl (C=S) groups is 1. The fraction of sp³-hybridized carbons (Fsp3) is 0. The predicted molar refractivity (Wildman–Crippen MR) is 68.0 cm³/mol. The third-order valence-corrected chi connectivity index (χ3v) is 2.57. The normalized spacial score (nSPS) is 9.87. The van der Waals surface area contributed by atoms with Crippen LogP contribution in [-0.2, 0) is 0 Å². The van der Waals surface area contributed by atoms with E-state index in [1.165, 1.54) is 0 Å².